The number of likely N-dealkylation sites (N-methyl/N-ethyl adjacent to an activating group) is 1. The number of fused-ring (bicyclic) bond motifs is 1. The molecule has 19 heavy (non-hydrogen) atoms. The minimum atomic E-state index is -0.858. The fourth-order valence-corrected chi connectivity index (χ4v) is 2.02. The van der Waals surface area contributed by atoms with Crippen LogP contribution in [-0.2, 0) is 0 Å². The molecule has 104 valence electrons. The first-order valence-electron chi connectivity index (χ1n) is 6.13. The Morgan fingerprint density at radius 3 is 2.89 bits per heavy atom. The number of nitrogens with zero attached hydrogens (tertiary/aromatic N) is 2. The van der Waals surface area contributed by atoms with Gasteiger partial charge in [0, 0.05) is 24.8 Å². The molecular formula is C13H20N4O2. The number of hydrogen-bond donors (Lipinski definition) is 3. The van der Waals surface area contributed by atoms with E-state index in [1.165, 1.54) is 0 Å². The van der Waals surface area contributed by atoms with Crippen LogP contribution in [0.25, 0.3) is 11.1 Å². The molecule has 1 aromatic heterocycles. The Labute approximate surface area is 112 Å². The van der Waals surface area contributed by atoms with Crippen molar-refractivity contribution < 1.29 is 9.52 Å². The summed E-state index contributed by atoms with van der Waals surface area (Å²) in [4.78, 5) is 6.20. The minimum Gasteiger partial charge on any atom is -0.423 e. The van der Waals surface area contributed by atoms with Gasteiger partial charge in [0.1, 0.15) is 5.52 Å². The smallest absolute Gasteiger partial charge is 0.295 e. The Kier molecular flexibility index (Phi) is 3.64. The SMILES string of the molecule is CN(C)CC(C)(O)CNc1nc2ccc(N)cc2o1. The van der Waals surface area contributed by atoms with E-state index in [0.29, 0.717) is 30.4 Å². The number of hydrogen-bond acceptors (Lipinski definition) is 6. The molecule has 0 amide bonds. The van der Waals surface area contributed by atoms with Crippen LogP contribution in [0.1, 0.15) is 6.92 Å². The van der Waals surface area contributed by atoms with Gasteiger partial charge in [0.15, 0.2) is 5.58 Å². The normalized spacial score (nSPS) is 14.8. The Balaban J connectivity index is 2.05. The second-order valence-electron chi connectivity index (χ2n) is 5.33. The monoisotopic (exact) mass is 264 g/mol. The summed E-state index contributed by atoms with van der Waals surface area (Å²) in [6.07, 6.45) is 0. The number of rotatable bonds is 5. The summed E-state index contributed by atoms with van der Waals surface area (Å²) in [5, 5.41) is 13.2. The highest BCUT2D eigenvalue weighted by molar-refractivity contribution is 5.78. The predicted octanol–water partition coefficient (Wildman–Crippen LogP) is 1.13. The molecule has 0 fully saturated rings. The van der Waals surface area contributed by atoms with Gasteiger partial charge in [0.25, 0.3) is 6.01 Å². The van der Waals surface area contributed by atoms with Gasteiger partial charge in [-0.1, -0.05) is 0 Å². The number of anilines is 2. The van der Waals surface area contributed by atoms with Gasteiger partial charge in [-0.25, -0.2) is 0 Å². The molecule has 0 bridgehead atoms. The second-order valence-corrected chi connectivity index (χ2v) is 5.33. The highest BCUT2D eigenvalue weighted by Crippen LogP contribution is 2.21. The lowest BCUT2D eigenvalue weighted by molar-refractivity contribution is 0.0455. The first-order chi connectivity index (χ1) is 8.85. The Bertz CT molecular complexity index is 563. The quantitative estimate of drug-likeness (QED) is 0.702. The maximum Gasteiger partial charge on any atom is 0.295 e. The van der Waals surface area contributed by atoms with Crippen LogP contribution in [0.4, 0.5) is 11.7 Å². The van der Waals surface area contributed by atoms with Crippen molar-refractivity contribution in [3.05, 3.63) is 18.2 Å². The van der Waals surface area contributed by atoms with Gasteiger partial charge in [-0.15, -0.1) is 0 Å². The number of oxazole rings is 1. The molecule has 0 saturated heterocycles. The van der Waals surface area contributed by atoms with Crippen molar-refractivity contribution in [3.8, 4) is 0 Å². The zero-order valence-corrected chi connectivity index (χ0v) is 11.5. The molecular weight excluding hydrogens is 244 g/mol. The van der Waals surface area contributed by atoms with E-state index in [4.69, 9.17) is 10.2 Å². The first kappa shape index (κ1) is 13.6. The molecule has 0 aliphatic rings. The molecule has 1 aromatic carbocycles. The highest BCUT2D eigenvalue weighted by Gasteiger charge is 2.21. The molecule has 4 N–H and O–H groups in total. The topological polar surface area (TPSA) is 87.5 Å². The van der Waals surface area contributed by atoms with Gasteiger partial charge in [-0.2, -0.15) is 4.98 Å². The van der Waals surface area contributed by atoms with E-state index in [2.05, 4.69) is 10.3 Å². The number of aromatic nitrogens is 1. The molecule has 0 spiro atoms. The fraction of sp³-hybridized carbons (Fsp3) is 0.462. The summed E-state index contributed by atoms with van der Waals surface area (Å²) in [5.74, 6) is 0. The first-order valence-corrected chi connectivity index (χ1v) is 6.13. The Hall–Kier alpha value is -1.79. The molecule has 0 aliphatic carbocycles. The van der Waals surface area contributed by atoms with E-state index >= 15 is 0 Å². The van der Waals surface area contributed by atoms with Crippen molar-refractivity contribution in [2.24, 2.45) is 0 Å². The van der Waals surface area contributed by atoms with Gasteiger partial charge >= 0.3 is 0 Å². The number of nitrogens with two attached hydrogens (primary N) is 1. The summed E-state index contributed by atoms with van der Waals surface area (Å²) in [7, 11) is 3.83. The molecule has 2 rings (SSSR count). The van der Waals surface area contributed by atoms with Crippen LogP contribution in [0.3, 0.4) is 0 Å². The lowest BCUT2D eigenvalue weighted by Gasteiger charge is -2.26. The van der Waals surface area contributed by atoms with Crippen molar-refractivity contribution >= 4 is 22.8 Å². The van der Waals surface area contributed by atoms with E-state index in [-0.39, 0.29) is 0 Å². The summed E-state index contributed by atoms with van der Waals surface area (Å²) in [5.41, 5.74) is 6.83. The lowest BCUT2D eigenvalue weighted by atomic mass is 10.1. The standard InChI is InChI=1S/C13H20N4O2/c1-13(18,8-17(2)3)7-15-12-16-10-5-4-9(14)6-11(10)19-12/h4-6,18H,7-8,14H2,1-3H3,(H,15,16). The van der Waals surface area contributed by atoms with Crippen LogP contribution in [0, 0.1) is 0 Å². The van der Waals surface area contributed by atoms with Crippen LogP contribution in [0.15, 0.2) is 22.6 Å². The van der Waals surface area contributed by atoms with Gasteiger partial charge < -0.3 is 25.5 Å². The lowest BCUT2D eigenvalue weighted by Crippen LogP contribution is -2.43. The van der Waals surface area contributed by atoms with E-state index < -0.39 is 5.60 Å². The predicted molar refractivity (Wildman–Crippen MR) is 76.1 cm³/mol. The summed E-state index contributed by atoms with van der Waals surface area (Å²) in [6, 6.07) is 5.69. The zero-order valence-electron chi connectivity index (χ0n) is 11.5. The van der Waals surface area contributed by atoms with E-state index in [9.17, 15) is 5.11 Å². The number of benzene rings is 1. The van der Waals surface area contributed by atoms with Crippen LogP contribution in [-0.4, -0.2) is 47.8 Å². The molecule has 1 unspecified atom stereocenters. The van der Waals surface area contributed by atoms with Gasteiger partial charge in [0.05, 0.1) is 5.60 Å². The molecule has 2 aromatic rings. The van der Waals surface area contributed by atoms with Crippen molar-refractivity contribution in [1.82, 2.24) is 9.88 Å². The molecule has 6 nitrogen and oxygen atoms in total. The maximum atomic E-state index is 10.2. The van der Waals surface area contributed by atoms with Crippen molar-refractivity contribution in [2.45, 2.75) is 12.5 Å². The fourth-order valence-electron chi connectivity index (χ4n) is 2.02. The summed E-state index contributed by atoms with van der Waals surface area (Å²) in [6.45, 7) is 2.67. The molecule has 1 atom stereocenters. The zero-order chi connectivity index (χ0) is 14.0. The number of nitrogens with one attached hydrogen (secondary N) is 1. The number of aliphatic hydroxyl groups is 1. The van der Waals surface area contributed by atoms with Crippen molar-refractivity contribution in [1.29, 1.82) is 0 Å². The average molecular weight is 264 g/mol. The Morgan fingerprint density at radius 2 is 2.21 bits per heavy atom. The minimum absolute atomic E-state index is 0.355. The molecule has 0 saturated carbocycles. The van der Waals surface area contributed by atoms with E-state index in [0.717, 1.165) is 5.52 Å². The van der Waals surface area contributed by atoms with Crippen LogP contribution in [0.5, 0.6) is 0 Å². The average Bonchev–Trinajstić information content (AvgIpc) is 2.66. The molecule has 6 heteroatoms. The van der Waals surface area contributed by atoms with Crippen molar-refractivity contribution in [3.63, 3.8) is 0 Å². The maximum absolute atomic E-state index is 10.2. The van der Waals surface area contributed by atoms with Gasteiger partial charge in [-0.05, 0) is 33.2 Å². The van der Waals surface area contributed by atoms with Crippen molar-refractivity contribution in [2.75, 3.05) is 38.2 Å². The Morgan fingerprint density at radius 1 is 1.47 bits per heavy atom. The third-order valence-corrected chi connectivity index (χ3v) is 2.69. The van der Waals surface area contributed by atoms with E-state index in [1.54, 1.807) is 25.1 Å². The third kappa shape index (κ3) is 3.59. The van der Waals surface area contributed by atoms with Gasteiger partial charge in [0.2, 0.25) is 0 Å². The molecule has 0 radical (unpaired) electrons. The third-order valence-electron chi connectivity index (χ3n) is 2.69. The molecule has 0 aliphatic heterocycles. The van der Waals surface area contributed by atoms with Gasteiger partial charge in [-0.3, -0.25) is 0 Å². The summed E-state index contributed by atoms with van der Waals surface area (Å²) < 4.78 is 5.52. The summed E-state index contributed by atoms with van der Waals surface area (Å²) >= 11 is 0. The van der Waals surface area contributed by atoms with E-state index in [1.807, 2.05) is 19.0 Å². The van der Waals surface area contributed by atoms with Crippen LogP contribution < -0.4 is 11.1 Å². The largest absolute Gasteiger partial charge is 0.423 e. The van der Waals surface area contributed by atoms with Crippen LogP contribution >= 0.6 is 0 Å². The second kappa shape index (κ2) is 5.07. The van der Waals surface area contributed by atoms with Crippen LogP contribution in [0.2, 0.25) is 0 Å². The molecule has 1 heterocycles. The number of nitrogen functional groups attached to an aromatic ring is 1. The highest BCUT2D eigenvalue weighted by atomic mass is 16.4.